The van der Waals surface area contributed by atoms with E-state index < -0.39 is 0 Å². The average Bonchev–Trinajstić information content (AvgIpc) is 2.83. The first-order valence-corrected chi connectivity index (χ1v) is 8.04. The van der Waals surface area contributed by atoms with E-state index in [-0.39, 0.29) is 11.2 Å². The van der Waals surface area contributed by atoms with E-state index in [0.29, 0.717) is 10.9 Å². The van der Waals surface area contributed by atoms with E-state index in [2.05, 4.69) is 19.2 Å². The van der Waals surface area contributed by atoms with E-state index in [9.17, 15) is 4.39 Å². The van der Waals surface area contributed by atoms with E-state index in [0.717, 1.165) is 25.1 Å². The van der Waals surface area contributed by atoms with Crippen molar-refractivity contribution in [3.05, 3.63) is 34.6 Å². The van der Waals surface area contributed by atoms with Crippen molar-refractivity contribution < 1.29 is 4.39 Å². The maximum absolute atomic E-state index is 13.6. The standard InChI is InChI=1S/C17H25ClFN/c1-13(2)11-20-12-17(8-3-4-9-17)10-14-6-5-7-15(19)16(14)18/h5-7,13,20H,3-4,8-12H2,1-2H3. The second-order valence-electron chi connectivity index (χ2n) is 6.62. The van der Waals surface area contributed by atoms with Crippen LogP contribution in [0.15, 0.2) is 18.2 Å². The van der Waals surface area contributed by atoms with Crippen LogP contribution in [-0.2, 0) is 6.42 Å². The molecule has 1 aromatic carbocycles. The first-order chi connectivity index (χ1) is 9.52. The van der Waals surface area contributed by atoms with Gasteiger partial charge in [0.2, 0.25) is 0 Å². The Hall–Kier alpha value is -0.600. The van der Waals surface area contributed by atoms with Crippen molar-refractivity contribution >= 4 is 11.6 Å². The van der Waals surface area contributed by atoms with Gasteiger partial charge >= 0.3 is 0 Å². The van der Waals surface area contributed by atoms with E-state index in [1.54, 1.807) is 6.07 Å². The van der Waals surface area contributed by atoms with Gasteiger partial charge in [0.05, 0.1) is 5.02 Å². The van der Waals surface area contributed by atoms with Crippen LogP contribution >= 0.6 is 11.6 Å². The normalized spacial score (nSPS) is 17.9. The molecule has 2 rings (SSSR count). The summed E-state index contributed by atoms with van der Waals surface area (Å²) >= 11 is 6.12. The SMILES string of the molecule is CC(C)CNCC1(Cc2cccc(F)c2Cl)CCCC1. The van der Waals surface area contributed by atoms with Crippen LogP contribution in [0.25, 0.3) is 0 Å². The Kier molecular flexibility index (Phi) is 5.45. The molecule has 1 nitrogen and oxygen atoms in total. The zero-order valence-electron chi connectivity index (χ0n) is 12.5. The minimum absolute atomic E-state index is 0.256. The van der Waals surface area contributed by atoms with E-state index >= 15 is 0 Å². The van der Waals surface area contributed by atoms with Crippen molar-refractivity contribution in [3.8, 4) is 0 Å². The third-order valence-electron chi connectivity index (χ3n) is 4.31. The highest BCUT2D eigenvalue weighted by molar-refractivity contribution is 6.31. The fraction of sp³-hybridized carbons (Fsp3) is 0.647. The molecule has 0 unspecified atom stereocenters. The van der Waals surface area contributed by atoms with Crippen molar-refractivity contribution in [2.45, 2.75) is 46.0 Å². The number of nitrogens with one attached hydrogen (secondary N) is 1. The minimum atomic E-state index is -0.299. The van der Waals surface area contributed by atoms with Crippen LogP contribution in [-0.4, -0.2) is 13.1 Å². The lowest BCUT2D eigenvalue weighted by molar-refractivity contribution is 0.273. The fourth-order valence-electron chi connectivity index (χ4n) is 3.26. The van der Waals surface area contributed by atoms with Crippen LogP contribution in [0.1, 0.15) is 45.1 Å². The molecule has 1 aliphatic carbocycles. The Morgan fingerprint density at radius 1 is 1.30 bits per heavy atom. The molecule has 0 atom stereocenters. The highest BCUT2D eigenvalue weighted by atomic mass is 35.5. The first-order valence-electron chi connectivity index (χ1n) is 7.66. The summed E-state index contributed by atoms with van der Waals surface area (Å²) in [4.78, 5) is 0. The van der Waals surface area contributed by atoms with Crippen molar-refractivity contribution in [1.82, 2.24) is 5.32 Å². The van der Waals surface area contributed by atoms with Gasteiger partial charge in [-0.1, -0.05) is 50.4 Å². The number of hydrogen-bond donors (Lipinski definition) is 1. The van der Waals surface area contributed by atoms with Gasteiger partial charge in [0.25, 0.3) is 0 Å². The van der Waals surface area contributed by atoms with Crippen LogP contribution in [0.4, 0.5) is 4.39 Å². The summed E-state index contributed by atoms with van der Waals surface area (Å²) in [5, 5.41) is 3.89. The van der Waals surface area contributed by atoms with Gasteiger partial charge in [0.1, 0.15) is 5.82 Å². The summed E-state index contributed by atoms with van der Waals surface area (Å²) in [6.07, 6.45) is 5.86. The van der Waals surface area contributed by atoms with Crippen LogP contribution in [0, 0.1) is 17.2 Å². The molecule has 0 aliphatic heterocycles. The number of hydrogen-bond acceptors (Lipinski definition) is 1. The number of benzene rings is 1. The largest absolute Gasteiger partial charge is 0.316 e. The van der Waals surface area contributed by atoms with Gasteiger partial charge in [-0.05, 0) is 48.8 Å². The summed E-state index contributed by atoms with van der Waals surface area (Å²) in [6, 6.07) is 5.17. The summed E-state index contributed by atoms with van der Waals surface area (Å²) in [5.41, 5.74) is 1.21. The topological polar surface area (TPSA) is 12.0 Å². The Balaban J connectivity index is 2.07. The Morgan fingerprint density at radius 2 is 2.00 bits per heavy atom. The molecule has 0 spiro atoms. The second-order valence-corrected chi connectivity index (χ2v) is 7.00. The molecule has 1 aliphatic rings. The van der Waals surface area contributed by atoms with Gasteiger partial charge in [0.15, 0.2) is 0 Å². The number of rotatable bonds is 6. The molecule has 0 aromatic heterocycles. The van der Waals surface area contributed by atoms with E-state index in [1.165, 1.54) is 31.7 Å². The molecular weight excluding hydrogens is 273 g/mol. The minimum Gasteiger partial charge on any atom is -0.316 e. The van der Waals surface area contributed by atoms with Crippen LogP contribution in [0.5, 0.6) is 0 Å². The molecule has 3 heteroatoms. The molecule has 0 heterocycles. The number of halogens is 2. The molecule has 0 saturated heterocycles. The van der Waals surface area contributed by atoms with Gasteiger partial charge in [-0.3, -0.25) is 0 Å². The smallest absolute Gasteiger partial charge is 0.142 e. The Bertz CT molecular complexity index is 439. The molecule has 0 radical (unpaired) electrons. The summed E-state index contributed by atoms with van der Waals surface area (Å²) in [6.45, 7) is 6.49. The Labute approximate surface area is 126 Å². The monoisotopic (exact) mass is 297 g/mol. The maximum atomic E-state index is 13.6. The lowest BCUT2D eigenvalue weighted by Crippen LogP contribution is -2.35. The molecule has 1 fully saturated rings. The van der Waals surface area contributed by atoms with Crippen LogP contribution < -0.4 is 5.32 Å². The molecule has 112 valence electrons. The van der Waals surface area contributed by atoms with Crippen LogP contribution in [0.3, 0.4) is 0 Å². The van der Waals surface area contributed by atoms with Crippen LogP contribution in [0.2, 0.25) is 5.02 Å². The predicted molar refractivity (Wildman–Crippen MR) is 83.7 cm³/mol. The molecular formula is C17H25ClFN. The third kappa shape index (κ3) is 3.95. The summed E-state index contributed by atoms with van der Waals surface area (Å²) in [5.74, 6) is 0.360. The zero-order valence-corrected chi connectivity index (χ0v) is 13.3. The summed E-state index contributed by atoms with van der Waals surface area (Å²) in [7, 11) is 0. The van der Waals surface area contributed by atoms with Gasteiger partial charge < -0.3 is 5.32 Å². The molecule has 1 N–H and O–H groups in total. The molecule has 0 amide bonds. The third-order valence-corrected chi connectivity index (χ3v) is 4.74. The van der Waals surface area contributed by atoms with Crippen molar-refractivity contribution in [1.29, 1.82) is 0 Å². The lowest BCUT2D eigenvalue weighted by atomic mass is 9.79. The molecule has 20 heavy (non-hydrogen) atoms. The Morgan fingerprint density at radius 3 is 2.65 bits per heavy atom. The molecule has 0 bridgehead atoms. The summed E-state index contributed by atoms with van der Waals surface area (Å²) < 4.78 is 13.6. The highest BCUT2D eigenvalue weighted by Crippen LogP contribution is 2.41. The maximum Gasteiger partial charge on any atom is 0.142 e. The average molecular weight is 298 g/mol. The quantitative estimate of drug-likeness (QED) is 0.793. The highest BCUT2D eigenvalue weighted by Gasteiger charge is 2.34. The van der Waals surface area contributed by atoms with Gasteiger partial charge in [-0.25, -0.2) is 4.39 Å². The molecule has 1 aromatic rings. The van der Waals surface area contributed by atoms with Crippen molar-refractivity contribution in [3.63, 3.8) is 0 Å². The lowest BCUT2D eigenvalue weighted by Gasteiger charge is -2.30. The predicted octanol–water partition coefficient (Wildman–Crippen LogP) is 4.83. The van der Waals surface area contributed by atoms with Crippen molar-refractivity contribution in [2.75, 3.05) is 13.1 Å². The molecule has 1 saturated carbocycles. The zero-order chi connectivity index (χ0) is 14.6. The second kappa shape index (κ2) is 6.91. The van der Waals surface area contributed by atoms with Crippen molar-refractivity contribution in [2.24, 2.45) is 11.3 Å². The van der Waals surface area contributed by atoms with Gasteiger partial charge in [0, 0.05) is 6.54 Å². The van der Waals surface area contributed by atoms with Gasteiger partial charge in [-0.15, -0.1) is 0 Å². The van der Waals surface area contributed by atoms with Gasteiger partial charge in [-0.2, -0.15) is 0 Å². The fourth-order valence-corrected chi connectivity index (χ4v) is 3.45. The van der Waals surface area contributed by atoms with E-state index in [1.807, 2.05) is 6.07 Å². The first kappa shape index (κ1) is 15.8. The van der Waals surface area contributed by atoms with E-state index in [4.69, 9.17) is 11.6 Å².